The molecule has 0 radical (unpaired) electrons. The van der Waals surface area contributed by atoms with Gasteiger partial charge >= 0.3 is 6.03 Å². The van der Waals surface area contributed by atoms with Crippen molar-refractivity contribution in [3.63, 3.8) is 0 Å². The molecule has 2 amide bonds. The Bertz CT molecular complexity index is 718. The van der Waals surface area contributed by atoms with Crippen molar-refractivity contribution in [3.05, 3.63) is 23.8 Å². The summed E-state index contributed by atoms with van der Waals surface area (Å²) in [6.07, 6.45) is 2.54. The first-order valence-corrected chi connectivity index (χ1v) is 8.96. The van der Waals surface area contributed by atoms with Crippen LogP contribution in [0, 0.1) is 17.0 Å². The number of hydrogen-bond acceptors (Lipinski definition) is 4. The molecular formula is C14H18F2N2O4S. The van der Waals surface area contributed by atoms with Crippen molar-refractivity contribution in [1.29, 1.82) is 0 Å². The third-order valence-corrected chi connectivity index (χ3v) is 4.78. The lowest BCUT2D eigenvalue weighted by atomic mass is 10.1. The zero-order valence-corrected chi connectivity index (χ0v) is 13.6. The summed E-state index contributed by atoms with van der Waals surface area (Å²) in [5, 5.41) is 4.69. The molecule has 1 aliphatic rings. The summed E-state index contributed by atoms with van der Waals surface area (Å²) in [5.74, 6) is -1.92. The van der Waals surface area contributed by atoms with Crippen LogP contribution in [0.3, 0.4) is 0 Å². The van der Waals surface area contributed by atoms with Gasteiger partial charge in [-0.25, -0.2) is 22.0 Å². The topological polar surface area (TPSA) is 84.5 Å². The Kier molecular flexibility index (Phi) is 4.79. The molecule has 6 nitrogen and oxygen atoms in total. The van der Waals surface area contributed by atoms with Crippen molar-refractivity contribution < 1.29 is 26.7 Å². The molecule has 0 heterocycles. The van der Waals surface area contributed by atoms with E-state index >= 15 is 0 Å². The Morgan fingerprint density at radius 1 is 1.30 bits per heavy atom. The number of carbonyl (C=O) groups is 1. The van der Waals surface area contributed by atoms with E-state index in [4.69, 9.17) is 0 Å². The van der Waals surface area contributed by atoms with Gasteiger partial charge in [-0.3, -0.25) is 0 Å². The summed E-state index contributed by atoms with van der Waals surface area (Å²) >= 11 is 0. The van der Waals surface area contributed by atoms with Gasteiger partial charge in [-0.15, -0.1) is 0 Å². The highest BCUT2D eigenvalue weighted by Gasteiger charge is 2.45. The highest BCUT2D eigenvalue weighted by atomic mass is 32.2. The molecule has 0 aliphatic heterocycles. The standard InChI is InChI=1S/C14H18F2N2O4S/c1-22-12-6-9(15)11(5-10(12)16)18-13(19)17-7-14(3-4-14)8-23(2,20)21/h5-6H,3-4,7-8H2,1-2H3,(H2,17,18,19). The quantitative estimate of drug-likeness (QED) is 0.823. The van der Waals surface area contributed by atoms with E-state index in [2.05, 4.69) is 15.4 Å². The Morgan fingerprint density at radius 2 is 1.96 bits per heavy atom. The first-order valence-electron chi connectivity index (χ1n) is 6.90. The summed E-state index contributed by atoms with van der Waals surface area (Å²) in [6, 6.07) is 0.918. The summed E-state index contributed by atoms with van der Waals surface area (Å²) in [6.45, 7) is 0.159. The molecule has 2 rings (SSSR count). The van der Waals surface area contributed by atoms with Gasteiger partial charge in [0.1, 0.15) is 9.84 Å². The molecule has 0 spiro atoms. The van der Waals surface area contributed by atoms with Crippen molar-refractivity contribution in [2.75, 3.05) is 31.0 Å². The van der Waals surface area contributed by atoms with Gasteiger partial charge in [0.2, 0.25) is 0 Å². The van der Waals surface area contributed by atoms with E-state index < -0.39 is 32.9 Å². The zero-order valence-electron chi connectivity index (χ0n) is 12.8. The summed E-state index contributed by atoms with van der Waals surface area (Å²) < 4.78 is 54.5. The second-order valence-electron chi connectivity index (χ2n) is 5.84. The van der Waals surface area contributed by atoms with Gasteiger partial charge in [-0.05, 0) is 12.8 Å². The van der Waals surface area contributed by atoms with Crippen molar-refractivity contribution in [2.24, 2.45) is 5.41 Å². The van der Waals surface area contributed by atoms with Crippen LogP contribution in [0.2, 0.25) is 0 Å². The van der Waals surface area contributed by atoms with Crippen molar-refractivity contribution in [3.8, 4) is 5.75 Å². The number of sulfone groups is 1. The normalized spacial score (nSPS) is 15.8. The average Bonchev–Trinajstić information content (AvgIpc) is 3.18. The number of rotatable bonds is 6. The van der Waals surface area contributed by atoms with Crippen LogP contribution in [0.4, 0.5) is 19.3 Å². The predicted molar refractivity (Wildman–Crippen MR) is 81.3 cm³/mol. The van der Waals surface area contributed by atoms with Crippen LogP contribution in [-0.2, 0) is 9.84 Å². The maximum absolute atomic E-state index is 13.7. The number of anilines is 1. The molecule has 1 aromatic carbocycles. The second-order valence-corrected chi connectivity index (χ2v) is 7.98. The van der Waals surface area contributed by atoms with E-state index in [1.807, 2.05) is 0 Å². The van der Waals surface area contributed by atoms with Crippen LogP contribution in [-0.4, -0.2) is 40.1 Å². The number of amides is 2. The second kappa shape index (κ2) is 6.31. The Hall–Kier alpha value is -1.90. The fourth-order valence-corrected chi connectivity index (χ4v) is 3.82. The lowest BCUT2D eigenvalue weighted by Gasteiger charge is -2.15. The molecule has 1 aromatic rings. The molecule has 128 valence electrons. The highest BCUT2D eigenvalue weighted by molar-refractivity contribution is 7.90. The summed E-state index contributed by atoms with van der Waals surface area (Å²) in [5.41, 5.74) is -0.775. The van der Waals surface area contributed by atoms with E-state index in [9.17, 15) is 22.0 Å². The van der Waals surface area contributed by atoms with Crippen molar-refractivity contribution >= 4 is 21.6 Å². The number of methoxy groups -OCH3 is 1. The SMILES string of the molecule is COc1cc(F)c(NC(=O)NCC2(CS(C)(=O)=O)CC2)cc1F. The average molecular weight is 348 g/mol. The summed E-state index contributed by atoms with van der Waals surface area (Å²) in [4.78, 5) is 11.8. The number of ether oxygens (including phenoxy) is 1. The van der Waals surface area contributed by atoms with Crippen LogP contribution >= 0.6 is 0 Å². The lowest BCUT2D eigenvalue weighted by molar-refractivity contribution is 0.250. The Morgan fingerprint density at radius 3 is 2.48 bits per heavy atom. The van der Waals surface area contributed by atoms with Crippen molar-refractivity contribution in [1.82, 2.24) is 5.32 Å². The molecule has 0 atom stereocenters. The Balaban J connectivity index is 1.94. The minimum absolute atomic E-state index is 0.00813. The van der Waals surface area contributed by atoms with Gasteiger partial charge < -0.3 is 15.4 Å². The van der Waals surface area contributed by atoms with Crippen LogP contribution in [0.25, 0.3) is 0 Å². The fraction of sp³-hybridized carbons (Fsp3) is 0.500. The molecule has 1 aliphatic carbocycles. The minimum atomic E-state index is -3.14. The monoisotopic (exact) mass is 348 g/mol. The van der Waals surface area contributed by atoms with E-state index in [0.29, 0.717) is 12.8 Å². The van der Waals surface area contributed by atoms with Gasteiger partial charge in [0.15, 0.2) is 17.4 Å². The van der Waals surface area contributed by atoms with Gasteiger partial charge in [-0.2, -0.15) is 0 Å². The number of halogens is 2. The fourth-order valence-electron chi connectivity index (χ4n) is 2.32. The smallest absolute Gasteiger partial charge is 0.319 e. The third-order valence-electron chi connectivity index (χ3n) is 3.64. The molecule has 23 heavy (non-hydrogen) atoms. The maximum Gasteiger partial charge on any atom is 0.319 e. The number of urea groups is 1. The third kappa shape index (κ3) is 4.78. The summed E-state index contributed by atoms with van der Waals surface area (Å²) in [7, 11) is -1.94. The van der Waals surface area contributed by atoms with Gasteiger partial charge in [0, 0.05) is 30.3 Å². The Labute approximate surface area is 133 Å². The maximum atomic E-state index is 13.7. The van der Waals surface area contributed by atoms with Crippen LogP contribution in [0.5, 0.6) is 5.75 Å². The van der Waals surface area contributed by atoms with Gasteiger partial charge in [0.05, 0.1) is 18.6 Å². The molecule has 9 heteroatoms. The van der Waals surface area contributed by atoms with E-state index in [1.165, 1.54) is 7.11 Å². The molecule has 1 saturated carbocycles. The van der Waals surface area contributed by atoms with Crippen molar-refractivity contribution in [2.45, 2.75) is 12.8 Å². The molecule has 0 bridgehead atoms. The van der Waals surface area contributed by atoms with Gasteiger partial charge in [0.25, 0.3) is 0 Å². The highest BCUT2D eigenvalue weighted by Crippen LogP contribution is 2.46. The van der Waals surface area contributed by atoms with Crippen LogP contribution < -0.4 is 15.4 Å². The molecule has 2 N–H and O–H groups in total. The lowest BCUT2D eigenvalue weighted by Crippen LogP contribution is -2.36. The minimum Gasteiger partial charge on any atom is -0.494 e. The molecule has 0 aromatic heterocycles. The van der Waals surface area contributed by atoms with E-state index in [-0.39, 0.29) is 23.7 Å². The van der Waals surface area contributed by atoms with Gasteiger partial charge in [-0.1, -0.05) is 0 Å². The first-order chi connectivity index (χ1) is 10.6. The molecule has 0 saturated heterocycles. The molecule has 1 fully saturated rings. The number of nitrogens with one attached hydrogen (secondary N) is 2. The number of benzene rings is 1. The number of hydrogen-bond donors (Lipinski definition) is 2. The molecular weight excluding hydrogens is 330 g/mol. The first kappa shape index (κ1) is 17.5. The van der Waals surface area contributed by atoms with E-state index in [0.717, 1.165) is 18.4 Å². The zero-order chi connectivity index (χ0) is 17.3. The largest absolute Gasteiger partial charge is 0.494 e. The van der Waals surface area contributed by atoms with Crippen LogP contribution in [0.15, 0.2) is 12.1 Å². The van der Waals surface area contributed by atoms with E-state index in [1.54, 1.807) is 0 Å². The number of carbonyl (C=O) groups excluding carboxylic acids is 1. The molecule has 0 unspecified atom stereocenters. The predicted octanol–water partition coefficient (Wildman–Crippen LogP) is 1.92. The van der Waals surface area contributed by atoms with Crippen LogP contribution in [0.1, 0.15) is 12.8 Å².